The summed E-state index contributed by atoms with van der Waals surface area (Å²) in [5.41, 5.74) is 0. The maximum Gasteiger partial charge on any atom is 0.144 e. The summed E-state index contributed by atoms with van der Waals surface area (Å²) in [6.45, 7) is 2.75. The number of nitrogens with zero attached hydrogens (tertiary/aromatic N) is 2. The van der Waals surface area contributed by atoms with Crippen molar-refractivity contribution in [2.75, 3.05) is 20.6 Å². The van der Waals surface area contributed by atoms with E-state index in [4.69, 9.17) is 10.3 Å². The number of likely N-dealkylation sites (N-methyl/N-ethyl adjacent to an activating group) is 1. The summed E-state index contributed by atoms with van der Waals surface area (Å²) in [5.74, 6) is 0. The maximum absolute atomic E-state index is 9.09. The van der Waals surface area contributed by atoms with E-state index in [9.17, 15) is 0 Å². The van der Waals surface area contributed by atoms with Gasteiger partial charge in [-0.05, 0) is 21.0 Å². The Bertz CT molecular complexity index is 139. The Morgan fingerprint density at radius 3 is 2.58 bits per heavy atom. The second kappa shape index (κ2) is 5.93. The molecular weight excluding hydrogens is 158 g/mol. The van der Waals surface area contributed by atoms with Crippen LogP contribution in [0.1, 0.15) is 6.92 Å². The maximum atomic E-state index is 9.09. The van der Waals surface area contributed by atoms with Gasteiger partial charge in [0, 0.05) is 12.6 Å². The summed E-state index contributed by atoms with van der Waals surface area (Å²) in [4.78, 5) is 2.00. The monoisotopic (exact) mass is 175 g/mol. The summed E-state index contributed by atoms with van der Waals surface area (Å²) in [5, 5.41) is 22.7. The number of oxime groups is 1. The van der Waals surface area contributed by atoms with Crippen molar-refractivity contribution in [1.29, 1.82) is 0 Å². The first-order valence-corrected chi connectivity index (χ1v) is 3.82. The van der Waals surface area contributed by atoms with E-state index in [1.54, 1.807) is 0 Å². The minimum atomic E-state index is -0.884. The average Bonchev–Trinajstić information content (AvgIpc) is 1.84. The van der Waals surface area contributed by atoms with E-state index in [1.807, 2.05) is 25.9 Å². The van der Waals surface area contributed by atoms with Crippen LogP contribution in [0.15, 0.2) is 5.16 Å². The molecule has 0 bridgehead atoms. The van der Waals surface area contributed by atoms with Crippen molar-refractivity contribution in [2.24, 2.45) is 5.16 Å². The van der Waals surface area contributed by atoms with E-state index < -0.39 is 6.23 Å². The van der Waals surface area contributed by atoms with E-state index in [-0.39, 0.29) is 6.04 Å². The molecule has 0 aliphatic heterocycles. The van der Waals surface area contributed by atoms with Gasteiger partial charge in [0.25, 0.3) is 0 Å². The lowest BCUT2D eigenvalue weighted by Gasteiger charge is -2.19. The van der Waals surface area contributed by atoms with Gasteiger partial charge in [0.2, 0.25) is 0 Å². The zero-order chi connectivity index (χ0) is 9.56. The van der Waals surface area contributed by atoms with E-state index >= 15 is 0 Å². The van der Waals surface area contributed by atoms with Crippen molar-refractivity contribution in [1.82, 2.24) is 10.2 Å². The molecule has 0 saturated carbocycles. The number of rotatable bonds is 5. The molecule has 0 saturated heterocycles. The molecule has 0 heterocycles. The van der Waals surface area contributed by atoms with Gasteiger partial charge in [-0.25, -0.2) is 0 Å². The molecule has 1 unspecified atom stereocenters. The fraction of sp³-hybridized carbons (Fsp3) is 0.857. The first-order chi connectivity index (χ1) is 5.56. The Morgan fingerprint density at radius 1 is 1.58 bits per heavy atom. The number of nitrogens with one attached hydrogen (secondary N) is 1. The molecule has 0 aliphatic carbocycles. The zero-order valence-electron chi connectivity index (χ0n) is 7.73. The van der Waals surface area contributed by atoms with Crippen molar-refractivity contribution < 1.29 is 10.3 Å². The van der Waals surface area contributed by atoms with Gasteiger partial charge in [-0.1, -0.05) is 5.16 Å². The van der Waals surface area contributed by atoms with Gasteiger partial charge in [0.15, 0.2) is 0 Å². The first-order valence-electron chi connectivity index (χ1n) is 3.82. The van der Waals surface area contributed by atoms with Crippen LogP contribution < -0.4 is 5.32 Å². The van der Waals surface area contributed by atoms with E-state index in [1.165, 1.54) is 0 Å². The quantitative estimate of drug-likeness (QED) is 0.224. The van der Waals surface area contributed by atoms with Gasteiger partial charge < -0.3 is 15.2 Å². The molecule has 0 radical (unpaired) electrons. The summed E-state index contributed by atoms with van der Waals surface area (Å²) in [6.07, 6.45) is 0.150. The Hall–Kier alpha value is -0.650. The van der Waals surface area contributed by atoms with Crippen molar-refractivity contribution in [3.63, 3.8) is 0 Å². The van der Waals surface area contributed by atoms with Gasteiger partial charge in [0.1, 0.15) is 6.23 Å². The van der Waals surface area contributed by atoms with Crippen molar-refractivity contribution >= 4 is 6.21 Å². The second-order valence-electron chi connectivity index (χ2n) is 3.04. The lowest BCUT2D eigenvalue weighted by molar-refractivity contribution is 0.177. The third kappa shape index (κ3) is 6.09. The van der Waals surface area contributed by atoms with Gasteiger partial charge in [0.05, 0.1) is 6.21 Å². The molecule has 12 heavy (non-hydrogen) atoms. The highest BCUT2D eigenvalue weighted by Crippen LogP contribution is 1.85. The fourth-order valence-corrected chi connectivity index (χ4v) is 0.998. The van der Waals surface area contributed by atoms with Gasteiger partial charge in [-0.2, -0.15) is 0 Å². The molecule has 0 aromatic carbocycles. The number of aliphatic hydroxyl groups is 1. The molecule has 0 rings (SSSR count). The molecule has 0 aliphatic rings. The Kier molecular flexibility index (Phi) is 5.61. The molecule has 5 heteroatoms. The predicted octanol–water partition coefficient (Wildman–Crippen LogP) is -0.695. The van der Waals surface area contributed by atoms with E-state index in [0.717, 1.165) is 12.8 Å². The lowest BCUT2D eigenvalue weighted by atomic mass is 10.3. The number of hydrogen-bond donors (Lipinski definition) is 3. The highest BCUT2D eigenvalue weighted by atomic mass is 16.4. The van der Waals surface area contributed by atoms with Gasteiger partial charge in [-0.3, -0.25) is 5.32 Å². The van der Waals surface area contributed by atoms with Crippen molar-refractivity contribution in [2.45, 2.75) is 19.2 Å². The van der Waals surface area contributed by atoms with E-state index in [2.05, 4.69) is 10.5 Å². The number of hydrogen-bond acceptors (Lipinski definition) is 5. The smallest absolute Gasteiger partial charge is 0.144 e. The first kappa shape index (κ1) is 11.4. The summed E-state index contributed by atoms with van der Waals surface area (Å²) in [7, 11) is 3.90. The fourth-order valence-electron chi connectivity index (χ4n) is 0.998. The van der Waals surface area contributed by atoms with Gasteiger partial charge >= 0.3 is 0 Å². The molecular formula is C7H17N3O2. The van der Waals surface area contributed by atoms with Crippen molar-refractivity contribution in [3.05, 3.63) is 0 Å². The molecule has 0 amide bonds. The molecule has 2 atom stereocenters. The summed E-state index contributed by atoms with van der Waals surface area (Å²) >= 11 is 0. The molecule has 0 aromatic rings. The highest BCUT2D eigenvalue weighted by Gasteiger charge is 2.06. The van der Waals surface area contributed by atoms with Crippen LogP contribution in [0, 0.1) is 0 Å². The molecule has 0 spiro atoms. The minimum absolute atomic E-state index is 0.146. The standard InChI is InChI=1S/C7H17N3O2/c1-6(5-10(2)3)9-7(11)4-8-12/h4,6-7,9,11-12H,5H2,1-3H3/b8-4+/t6-,7?/m0/s1. The largest absolute Gasteiger partial charge is 0.411 e. The topological polar surface area (TPSA) is 68.1 Å². The normalized spacial score (nSPS) is 17.1. The SMILES string of the molecule is C[C@@H](CN(C)C)NC(O)/C=N/O. The zero-order valence-corrected chi connectivity index (χ0v) is 7.73. The van der Waals surface area contributed by atoms with Crippen LogP contribution in [0.25, 0.3) is 0 Å². The molecule has 0 fully saturated rings. The molecule has 72 valence electrons. The van der Waals surface area contributed by atoms with Crippen LogP contribution in [0.5, 0.6) is 0 Å². The van der Waals surface area contributed by atoms with Crippen LogP contribution >= 0.6 is 0 Å². The molecule has 0 aromatic heterocycles. The lowest BCUT2D eigenvalue weighted by Crippen LogP contribution is -2.42. The van der Waals surface area contributed by atoms with Crippen LogP contribution in [0.2, 0.25) is 0 Å². The van der Waals surface area contributed by atoms with Gasteiger partial charge in [-0.15, -0.1) is 0 Å². The van der Waals surface area contributed by atoms with Crippen LogP contribution in [-0.4, -0.2) is 54.3 Å². The number of aliphatic hydroxyl groups excluding tert-OH is 1. The third-order valence-corrected chi connectivity index (χ3v) is 1.30. The molecule has 3 N–H and O–H groups in total. The minimum Gasteiger partial charge on any atom is -0.411 e. The van der Waals surface area contributed by atoms with Crippen molar-refractivity contribution in [3.8, 4) is 0 Å². The summed E-state index contributed by atoms with van der Waals surface area (Å²) in [6, 6.07) is 0.146. The highest BCUT2D eigenvalue weighted by molar-refractivity contribution is 5.61. The van der Waals surface area contributed by atoms with Crippen LogP contribution in [0.4, 0.5) is 0 Å². The average molecular weight is 175 g/mol. The Morgan fingerprint density at radius 2 is 2.17 bits per heavy atom. The van der Waals surface area contributed by atoms with E-state index in [0.29, 0.717) is 0 Å². The van der Waals surface area contributed by atoms with Crippen LogP contribution in [0.3, 0.4) is 0 Å². The Balaban J connectivity index is 3.60. The van der Waals surface area contributed by atoms with Crippen LogP contribution in [-0.2, 0) is 0 Å². The Labute approximate surface area is 72.7 Å². The summed E-state index contributed by atoms with van der Waals surface area (Å²) < 4.78 is 0. The predicted molar refractivity (Wildman–Crippen MR) is 47.4 cm³/mol. The second-order valence-corrected chi connectivity index (χ2v) is 3.04. The third-order valence-electron chi connectivity index (χ3n) is 1.30. The molecule has 5 nitrogen and oxygen atoms in total.